The molecular weight excluding hydrogens is 269 g/mol. The largest absolute Gasteiger partial charge is 0.485 e. The van der Waals surface area contributed by atoms with Gasteiger partial charge in [0.05, 0.1) is 12.1 Å². The minimum atomic E-state index is -0.300. The monoisotopic (exact) mass is 281 g/mol. The van der Waals surface area contributed by atoms with Crippen LogP contribution in [0.5, 0.6) is 5.75 Å². The molecule has 1 aliphatic heterocycles. The molecule has 1 aliphatic rings. The third kappa shape index (κ3) is 1.98. The quantitative estimate of drug-likeness (QED) is 0.688. The fourth-order valence-electron chi connectivity index (χ4n) is 2.54. The van der Waals surface area contributed by atoms with Gasteiger partial charge in [-0.2, -0.15) is 0 Å². The van der Waals surface area contributed by atoms with E-state index in [0.717, 1.165) is 11.3 Å². The Morgan fingerprint density at radius 2 is 1.81 bits per heavy atom. The average Bonchev–Trinajstić information content (AvgIpc) is 2.80. The first-order valence-corrected chi connectivity index (χ1v) is 6.70. The highest BCUT2D eigenvalue weighted by molar-refractivity contribution is 5.56. The van der Waals surface area contributed by atoms with Crippen LogP contribution in [0.1, 0.15) is 11.4 Å². The van der Waals surface area contributed by atoms with E-state index < -0.39 is 0 Å². The van der Waals surface area contributed by atoms with E-state index in [1.165, 1.54) is 6.07 Å². The Labute approximate surface area is 120 Å². The van der Waals surface area contributed by atoms with E-state index in [1.54, 1.807) is 18.2 Å². The lowest BCUT2D eigenvalue weighted by molar-refractivity contribution is 0.297. The van der Waals surface area contributed by atoms with Crippen molar-refractivity contribution in [2.75, 3.05) is 0 Å². The topological polar surface area (TPSA) is 39.9 Å². The first-order valence-electron chi connectivity index (χ1n) is 6.70. The molecule has 2 heterocycles. The van der Waals surface area contributed by atoms with Crippen molar-refractivity contribution in [2.45, 2.75) is 13.2 Å². The van der Waals surface area contributed by atoms with E-state index in [2.05, 4.69) is 10.2 Å². The SMILES string of the molecule is Fc1ccccc1-c1nnc2n1Cc1ccccc1OC2. The van der Waals surface area contributed by atoms with Crippen LogP contribution in [0.4, 0.5) is 4.39 Å². The van der Waals surface area contributed by atoms with Gasteiger partial charge < -0.3 is 9.30 Å². The van der Waals surface area contributed by atoms with Gasteiger partial charge in [-0.05, 0) is 18.2 Å². The molecule has 2 aromatic carbocycles. The molecule has 0 bridgehead atoms. The van der Waals surface area contributed by atoms with Crippen LogP contribution in [0.3, 0.4) is 0 Å². The zero-order valence-corrected chi connectivity index (χ0v) is 11.2. The fraction of sp³-hybridized carbons (Fsp3) is 0.125. The van der Waals surface area contributed by atoms with Crippen molar-refractivity contribution >= 4 is 0 Å². The number of nitrogens with zero attached hydrogens (tertiary/aromatic N) is 3. The van der Waals surface area contributed by atoms with Crippen molar-refractivity contribution in [3.8, 4) is 17.1 Å². The van der Waals surface area contributed by atoms with Crippen LogP contribution >= 0.6 is 0 Å². The number of hydrogen-bond donors (Lipinski definition) is 0. The Balaban J connectivity index is 1.86. The second-order valence-electron chi connectivity index (χ2n) is 4.90. The molecule has 4 nitrogen and oxygen atoms in total. The summed E-state index contributed by atoms with van der Waals surface area (Å²) < 4.78 is 21.7. The predicted molar refractivity (Wildman–Crippen MR) is 75.3 cm³/mol. The first-order chi connectivity index (χ1) is 10.3. The molecule has 0 fully saturated rings. The Hall–Kier alpha value is -2.69. The Morgan fingerprint density at radius 3 is 2.71 bits per heavy atom. The average molecular weight is 281 g/mol. The van der Waals surface area contributed by atoms with Crippen LogP contribution in [0.2, 0.25) is 0 Å². The normalized spacial score (nSPS) is 13.0. The molecule has 0 N–H and O–H groups in total. The third-order valence-electron chi connectivity index (χ3n) is 3.60. The van der Waals surface area contributed by atoms with Gasteiger partial charge in [0, 0.05) is 5.56 Å². The van der Waals surface area contributed by atoms with Gasteiger partial charge in [0.2, 0.25) is 0 Å². The van der Waals surface area contributed by atoms with Crippen molar-refractivity contribution in [3.05, 3.63) is 65.7 Å². The lowest BCUT2D eigenvalue weighted by Crippen LogP contribution is -2.05. The van der Waals surface area contributed by atoms with E-state index in [9.17, 15) is 4.39 Å². The number of rotatable bonds is 1. The van der Waals surface area contributed by atoms with E-state index in [4.69, 9.17) is 4.74 Å². The van der Waals surface area contributed by atoms with Crippen molar-refractivity contribution in [1.82, 2.24) is 14.8 Å². The summed E-state index contributed by atoms with van der Waals surface area (Å²) in [6.45, 7) is 0.903. The molecule has 5 heteroatoms. The summed E-state index contributed by atoms with van der Waals surface area (Å²) in [4.78, 5) is 0. The van der Waals surface area contributed by atoms with E-state index >= 15 is 0 Å². The van der Waals surface area contributed by atoms with Crippen molar-refractivity contribution in [1.29, 1.82) is 0 Å². The van der Waals surface area contributed by atoms with Gasteiger partial charge in [-0.3, -0.25) is 0 Å². The minimum absolute atomic E-state index is 0.300. The van der Waals surface area contributed by atoms with Crippen LogP contribution in [0.15, 0.2) is 48.5 Å². The van der Waals surface area contributed by atoms with E-state index in [1.807, 2.05) is 28.8 Å². The zero-order valence-electron chi connectivity index (χ0n) is 11.2. The molecule has 0 spiro atoms. The predicted octanol–water partition coefficient (Wildman–Crippen LogP) is 3.02. The molecule has 0 amide bonds. The molecule has 0 saturated carbocycles. The molecule has 1 aromatic heterocycles. The van der Waals surface area contributed by atoms with Crippen molar-refractivity contribution < 1.29 is 9.13 Å². The van der Waals surface area contributed by atoms with Gasteiger partial charge >= 0.3 is 0 Å². The van der Waals surface area contributed by atoms with Crippen LogP contribution in [0, 0.1) is 5.82 Å². The zero-order chi connectivity index (χ0) is 14.2. The van der Waals surface area contributed by atoms with E-state index in [-0.39, 0.29) is 5.82 Å². The standard InChI is InChI=1S/C16H12FN3O/c17-13-7-3-2-6-12(13)16-19-18-15-10-21-14-8-4-1-5-11(14)9-20(15)16/h1-8H,9-10H2. The number of aromatic nitrogens is 3. The summed E-state index contributed by atoms with van der Waals surface area (Å²) in [5.41, 5.74) is 1.49. The smallest absolute Gasteiger partial charge is 0.171 e. The van der Waals surface area contributed by atoms with Gasteiger partial charge in [-0.25, -0.2) is 4.39 Å². The summed E-state index contributed by atoms with van der Waals surface area (Å²) in [5, 5.41) is 8.27. The van der Waals surface area contributed by atoms with Crippen molar-refractivity contribution in [2.24, 2.45) is 0 Å². The molecule has 0 unspecified atom stereocenters. The molecule has 3 aromatic rings. The maximum Gasteiger partial charge on any atom is 0.171 e. The summed E-state index contributed by atoms with van der Waals surface area (Å²) >= 11 is 0. The molecule has 0 saturated heterocycles. The number of fused-ring (bicyclic) bond motifs is 2. The Bertz CT molecular complexity index is 813. The maximum absolute atomic E-state index is 14.0. The number of ether oxygens (including phenoxy) is 1. The molecule has 104 valence electrons. The second kappa shape index (κ2) is 4.70. The highest BCUT2D eigenvalue weighted by atomic mass is 19.1. The minimum Gasteiger partial charge on any atom is -0.485 e. The lowest BCUT2D eigenvalue weighted by atomic mass is 10.1. The first kappa shape index (κ1) is 12.1. The second-order valence-corrected chi connectivity index (χ2v) is 4.90. The van der Waals surface area contributed by atoms with Gasteiger partial charge in [-0.15, -0.1) is 10.2 Å². The van der Waals surface area contributed by atoms with E-state index in [0.29, 0.717) is 30.4 Å². The molecule has 0 atom stereocenters. The fourth-order valence-corrected chi connectivity index (χ4v) is 2.54. The van der Waals surface area contributed by atoms with Gasteiger partial charge in [0.15, 0.2) is 11.6 Å². The molecule has 4 rings (SSSR count). The summed E-state index contributed by atoms with van der Waals surface area (Å²) in [6, 6.07) is 14.4. The Kier molecular flexibility index (Phi) is 2.70. The molecule has 0 aliphatic carbocycles. The number of benzene rings is 2. The number of para-hydroxylation sites is 1. The molecule has 21 heavy (non-hydrogen) atoms. The molecule has 0 radical (unpaired) electrons. The van der Waals surface area contributed by atoms with Gasteiger partial charge in [-0.1, -0.05) is 30.3 Å². The third-order valence-corrected chi connectivity index (χ3v) is 3.60. The Morgan fingerprint density at radius 1 is 1.00 bits per heavy atom. The van der Waals surface area contributed by atoms with Crippen molar-refractivity contribution in [3.63, 3.8) is 0 Å². The maximum atomic E-state index is 14.0. The number of hydrogen-bond acceptors (Lipinski definition) is 3. The highest BCUT2D eigenvalue weighted by Crippen LogP contribution is 2.28. The van der Waals surface area contributed by atoms with Crippen LogP contribution in [0.25, 0.3) is 11.4 Å². The summed E-state index contributed by atoms with van der Waals surface area (Å²) in [5.74, 6) is 1.77. The van der Waals surface area contributed by atoms with Crippen LogP contribution < -0.4 is 4.74 Å². The van der Waals surface area contributed by atoms with Crippen LogP contribution in [-0.2, 0) is 13.2 Å². The lowest BCUT2D eigenvalue weighted by Gasteiger charge is -2.08. The highest BCUT2D eigenvalue weighted by Gasteiger charge is 2.21. The summed E-state index contributed by atoms with van der Waals surface area (Å²) in [6.07, 6.45) is 0. The van der Waals surface area contributed by atoms with Crippen LogP contribution in [-0.4, -0.2) is 14.8 Å². The number of halogens is 1. The van der Waals surface area contributed by atoms with Gasteiger partial charge in [0.1, 0.15) is 18.2 Å². The van der Waals surface area contributed by atoms with Gasteiger partial charge in [0.25, 0.3) is 0 Å². The molecular formula is C16H12FN3O. The summed E-state index contributed by atoms with van der Waals surface area (Å²) in [7, 11) is 0.